The zero-order chi connectivity index (χ0) is 21.6. The van der Waals surface area contributed by atoms with E-state index in [0.29, 0.717) is 24.8 Å². The molecule has 3 aromatic rings. The molecule has 7 heteroatoms. The van der Waals surface area contributed by atoms with Gasteiger partial charge in [-0.2, -0.15) is 4.98 Å². The Morgan fingerprint density at radius 2 is 1.97 bits per heavy atom. The van der Waals surface area contributed by atoms with E-state index in [9.17, 15) is 4.79 Å². The van der Waals surface area contributed by atoms with Crippen molar-refractivity contribution in [2.75, 3.05) is 11.9 Å². The van der Waals surface area contributed by atoms with Crippen LogP contribution in [-0.4, -0.2) is 32.1 Å². The molecule has 1 atom stereocenters. The minimum Gasteiger partial charge on any atom is -0.494 e. The zero-order valence-electron chi connectivity index (χ0n) is 17.9. The number of hydrogen-bond acceptors (Lipinski definition) is 6. The standard InChI is InChI=1S/C24H25N5O2/c1-4-31-16-10-8-15(9-11-16)22-27-23-26-18-13-24(2,3)14-19(30)20(18)21(29(23)28-22)17-7-5-6-12-25-17/h5-12,21H,4,13-14H2,1-3H3,(H,26,27,28). The molecule has 0 bridgehead atoms. The SMILES string of the molecule is CCOc1ccc(-c2nc3n(n2)C(c2ccccn2)C2=C(CC(C)(C)CC2=O)N3)cc1. The first-order valence-corrected chi connectivity index (χ1v) is 10.6. The van der Waals surface area contributed by atoms with Crippen molar-refractivity contribution in [1.82, 2.24) is 19.7 Å². The van der Waals surface area contributed by atoms with Crippen molar-refractivity contribution in [3.8, 4) is 17.1 Å². The van der Waals surface area contributed by atoms with Crippen LogP contribution in [-0.2, 0) is 4.79 Å². The van der Waals surface area contributed by atoms with Gasteiger partial charge in [0.25, 0.3) is 0 Å². The first-order chi connectivity index (χ1) is 14.9. The summed E-state index contributed by atoms with van der Waals surface area (Å²) >= 11 is 0. The van der Waals surface area contributed by atoms with Crippen LogP contribution in [0, 0.1) is 5.41 Å². The smallest absolute Gasteiger partial charge is 0.226 e. The molecule has 2 aromatic heterocycles. The quantitative estimate of drug-likeness (QED) is 0.680. The molecule has 0 saturated heterocycles. The third-order valence-corrected chi connectivity index (χ3v) is 5.72. The van der Waals surface area contributed by atoms with Gasteiger partial charge in [0.15, 0.2) is 11.6 Å². The predicted octanol–water partition coefficient (Wildman–Crippen LogP) is 4.40. The molecule has 1 aromatic carbocycles. The number of Topliss-reactive ketones (excluding diaryl/α,β-unsaturated/α-hetero) is 1. The number of ether oxygens (including phenoxy) is 1. The molecule has 2 aliphatic rings. The summed E-state index contributed by atoms with van der Waals surface area (Å²) in [6.45, 7) is 6.82. The summed E-state index contributed by atoms with van der Waals surface area (Å²) in [5.41, 5.74) is 3.24. The third kappa shape index (κ3) is 3.50. The molecular weight excluding hydrogens is 390 g/mol. The average molecular weight is 415 g/mol. The number of hydrogen-bond donors (Lipinski definition) is 1. The van der Waals surface area contributed by atoms with Crippen LogP contribution in [0.15, 0.2) is 59.9 Å². The number of pyridine rings is 1. The fraction of sp³-hybridized carbons (Fsp3) is 0.333. The number of nitrogens with one attached hydrogen (secondary N) is 1. The monoisotopic (exact) mass is 415 g/mol. The fourth-order valence-electron chi connectivity index (χ4n) is 4.41. The summed E-state index contributed by atoms with van der Waals surface area (Å²) in [6, 6.07) is 13.1. The first-order valence-electron chi connectivity index (χ1n) is 10.6. The average Bonchev–Trinajstić information content (AvgIpc) is 3.16. The Labute approximate surface area is 181 Å². The largest absolute Gasteiger partial charge is 0.494 e. The lowest BCUT2D eigenvalue weighted by molar-refractivity contribution is -0.118. The van der Waals surface area contributed by atoms with Gasteiger partial charge >= 0.3 is 0 Å². The summed E-state index contributed by atoms with van der Waals surface area (Å²) in [5, 5.41) is 8.19. The molecule has 7 nitrogen and oxygen atoms in total. The number of benzene rings is 1. The second-order valence-electron chi connectivity index (χ2n) is 8.78. The van der Waals surface area contributed by atoms with E-state index in [-0.39, 0.29) is 17.2 Å². The van der Waals surface area contributed by atoms with Crippen LogP contribution < -0.4 is 10.1 Å². The maximum atomic E-state index is 13.2. The topological polar surface area (TPSA) is 81.9 Å². The molecule has 1 aliphatic heterocycles. The number of ketones is 1. The first kappa shape index (κ1) is 19.5. The molecule has 31 heavy (non-hydrogen) atoms. The van der Waals surface area contributed by atoms with Gasteiger partial charge in [0.05, 0.1) is 12.3 Å². The number of allylic oxidation sites excluding steroid dienone is 2. The van der Waals surface area contributed by atoms with Gasteiger partial charge in [0.1, 0.15) is 11.8 Å². The lowest BCUT2D eigenvalue weighted by atomic mass is 9.73. The highest BCUT2D eigenvalue weighted by atomic mass is 16.5. The van der Waals surface area contributed by atoms with Gasteiger partial charge in [0.2, 0.25) is 5.95 Å². The minimum atomic E-state index is -0.389. The van der Waals surface area contributed by atoms with E-state index < -0.39 is 0 Å². The molecule has 0 amide bonds. The fourth-order valence-corrected chi connectivity index (χ4v) is 4.41. The van der Waals surface area contributed by atoms with Gasteiger partial charge in [-0.1, -0.05) is 19.9 Å². The lowest BCUT2D eigenvalue weighted by Crippen LogP contribution is -2.36. The zero-order valence-corrected chi connectivity index (χ0v) is 17.9. The van der Waals surface area contributed by atoms with Crippen LogP contribution >= 0.6 is 0 Å². The van der Waals surface area contributed by atoms with Crippen molar-refractivity contribution in [2.45, 2.75) is 39.7 Å². The normalized spacial score (nSPS) is 19.5. The van der Waals surface area contributed by atoms with E-state index >= 15 is 0 Å². The number of anilines is 1. The Hall–Kier alpha value is -3.48. The number of carbonyl (C=O) groups is 1. The van der Waals surface area contributed by atoms with E-state index in [0.717, 1.165) is 34.7 Å². The summed E-state index contributed by atoms with van der Waals surface area (Å²) in [5.74, 6) is 2.17. The van der Waals surface area contributed by atoms with Crippen molar-refractivity contribution in [2.24, 2.45) is 5.41 Å². The highest BCUT2D eigenvalue weighted by Crippen LogP contribution is 2.45. The van der Waals surface area contributed by atoms with E-state index in [1.165, 1.54) is 0 Å². The highest BCUT2D eigenvalue weighted by Gasteiger charge is 2.42. The molecule has 158 valence electrons. The second-order valence-corrected chi connectivity index (χ2v) is 8.78. The van der Waals surface area contributed by atoms with Crippen LogP contribution in [0.5, 0.6) is 5.75 Å². The van der Waals surface area contributed by atoms with Crippen LogP contribution in [0.25, 0.3) is 11.4 Å². The van der Waals surface area contributed by atoms with Gasteiger partial charge in [-0.25, -0.2) is 4.68 Å². The Morgan fingerprint density at radius 1 is 1.16 bits per heavy atom. The molecule has 3 heterocycles. The van der Waals surface area contributed by atoms with E-state index in [1.54, 1.807) is 10.9 Å². The number of aromatic nitrogens is 4. The molecule has 5 rings (SSSR count). The third-order valence-electron chi connectivity index (χ3n) is 5.72. The Morgan fingerprint density at radius 3 is 2.68 bits per heavy atom. The van der Waals surface area contributed by atoms with Crippen LogP contribution in [0.2, 0.25) is 0 Å². The molecule has 1 aliphatic carbocycles. The molecule has 0 spiro atoms. The van der Waals surface area contributed by atoms with Crippen molar-refractivity contribution in [3.63, 3.8) is 0 Å². The van der Waals surface area contributed by atoms with Crippen molar-refractivity contribution < 1.29 is 9.53 Å². The van der Waals surface area contributed by atoms with Gasteiger partial charge in [-0.15, -0.1) is 5.10 Å². The maximum Gasteiger partial charge on any atom is 0.226 e. The van der Waals surface area contributed by atoms with E-state index in [1.807, 2.05) is 49.4 Å². The van der Waals surface area contributed by atoms with E-state index in [4.69, 9.17) is 14.8 Å². The van der Waals surface area contributed by atoms with Crippen LogP contribution in [0.3, 0.4) is 0 Å². The van der Waals surface area contributed by atoms with Gasteiger partial charge in [-0.05, 0) is 55.2 Å². The minimum absolute atomic E-state index is 0.0995. The van der Waals surface area contributed by atoms with Gasteiger partial charge < -0.3 is 10.1 Å². The number of nitrogens with zero attached hydrogens (tertiary/aromatic N) is 4. The van der Waals surface area contributed by atoms with Crippen LogP contribution in [0.4, 0.5) is 5.95 Å². The molecule has 0 fully saturated rings. The molecule has 0 radical (unpaired) electrons. The number of rotatable bonds is 4. The number of fused-ring (bicyclic) bond motifs is 1. The molecule has 1 N–H and O–H groups in total. The summed E-state index contributed by atoms with van der Waals surface area (Å²) < 4.78 is 7.33. The second kappa shape index (κ2) is 7.34. The summed E-state index contributed by atoms with van der Waals surface area (Å²) in [6.07, 6.45) is 3.04. The summed E-state index contributed by atoms with van der Waals surface area (Å²) in [7, 11) is 0. The predicted molar refractivity (Wildman–Crippen MR) is 118 cm³/mol. The van der Waals surface area contributed by atoms with Crippen LogP contribution in [0.1, 0.15) is 45.3 Å². The van der Waals surface area contributed by atoms with E-state index in [2.05, 4.69) is 24.1 Å². The van der Waals surface area contributed by atoms with Gasteiger partial charge in [-0.3, -0.25) is 9.78 Å². The molecule has 1 unspecified atom stereocenters. The van der Waals surface area contributed by atoms with Gasteiger partial charge in [0, 0.05) is 29.5 Å². The van der Waals surface area contributed by atoms with Crippen molar-refractivity contribution >= 4 is 11.7 Å². The van der Waals surface area contributed by atoms with Crippen molar-refractivity contribution in [3.05, 3.63) is 65.6 Å². The highest BCUT2D eigenvalue weighted by molar-refractivity contribution is 6.00. The maximum absolute atomic E-state index is 13.2. The summed E-state index contributed by atoms with van der Waals surface area (Å²) in [4.78, 5) is 22.5. The Balaban J connectivity index is 1.61. The Kier molecular flexibility index (Phi) is 4.61. The number of carbonyl (C=O) groups excluding carboxylic acids is 1. The lowest BCUT2D eigenvalue weighted by Gasteiger charge is -2.37. The molecule has 0 saturated carbocycles. The molecular formula is C24H25N5O2. The Bertz CT molecular complexity index is 1160. The van der Waals surface area contributed by atoms with Crippen molar-refractivity contribution in [1.29, 1.82) is 0 Å².